The average Bonchev–Trinajstić information content (AvgIpc) is 3.07. The molecule has 4 rings (SSSR count). The van der Waals surface area contributed by atoms with Gasteiger partial charge >= 0.3 is 0 Å². The molecule has 0 spiro atoms. The highest BCUT2D eigenvalue weighted by Gasteiger charge is 2.37. The van der Waals surface area contributed by atoms with Gasteiger partial charge < -0.3 is 4.90 Å². The number of sulfonamides is 2. The largest absolute Gasteiger partial charge is 0.303 e. The second kappa shape index (κ2) is 10.9. The van der Waals surface area contributed by atoms with E-state index in [0.29, 0.717) is 22.9 Å². The summed E-state index contributed by atoms with van der Waals surface area (Å²) < 4.78 is 50.6. The zero-order valence-electron chi connectivity index (χ0n) is 19.9. The maximum absolute atomic E-state index is 13.1. The van der Waals surface area contributed by atoms with Crippen molar-refractivity contribution in [3.8, 4) is 0 Å². The molecule has 0 aromatic heterocycles. The molecule has 35 heavy (non-hydrogen) atoms. The van der Waals surface area contributed by atoms with Gasteiger partial charge in [-0.3, -0.25) is 14.2 Å². The maximum Gasteiger partial charge on any atom is 0.229 e. The summed E-state index contributed by atoms with van der Waals surface area (Å²) in [6, 6.07) is 12.7. The molecule has 0 amide bonds. The van der Waals surface area contributed by atoms with Gasteiger partial charge in [0.25, 0.3) is 0 Å². The van der Waals surface area contributed by atoms with Crippen molar-refractivity contribution in [1.82, 2.24) is 4.90 Å². The summed E-state index contributed by atoms with van der Waals surface area (Å²) in [5, 5.41) is 0. The standard InChI is InChI=1S/C24H31N3O5S2.ClH/c1-33(29,30)25-20-6-3-17(4-7-20)9-12-27-13-10-18(11-14-27)22-15-19-5-8-21(26-34(2,31)32)16-23(19)24(22)28;/h3-8,16,18,22,25-26H,9-15H2,1-2H3;1H. The second-order valence-electron chi connectivity index (χ2n) is 9.42. The summed E-state index contributed by atoms with van der Waals surface area (Å²) in [6.45, 7) is 2.81. The molecule has 192 valence electrons. The van der Waals surface area contributed by atoms with Gasteiger partial charge in [0.15, 0.2) is 5.78 Å². The molecule has 2 aromatic rings. The van der Waals surface area contributed by atoms with E-state index in [0.717, 1.165) is 69.0 Å². The summed E-state index contributed by atoms with van der Waals surface area (Å²) >= 11 is 0. The van der Waals surface area contributed by atoms with Crippen molar-refractivity contribution in [2.45, 2.75) is 25.7 Å². The number of piperidine rings is 1. The maximum atomic E-state index is 13.1. The van der Waals surface area contributed by atoms with Crippen molar-refractivity contribution in [2.75, 3.05) is 41.6 Å². The van der Waals surface area contributed by atoms with Crippen molar-refractivity contribution in [3.05, 3.63) is 59.2 Å². The van der Waals surface area contributed by atoms with Crippen LogP contribution >= 0.6 is 12.4 Å². The molecule has 2 aromatic carbocycles. The Morgan fingerprint density at radius 1 is 0.886 bits per heavy atom. The first-order valence-electron chi connectivity index (χ1n) is 11.4. The lowest BCUT2D eigenvalue weighted by atomic mass is 9.82. The molecule has 1 saturated heterocycles. The Balaban J connectivity index is 0.00000342. The summed E-state index contributed by atoms with van der Waals surface area (Å²) in [4.78, 5) is 15.5. The van der Waals surface area contributed by atoms with Crippen LogP contribution in [0.25, 0.3) is 0 Å². The number of halogens is 1. The minimum atomic E-state index is -3.38. The van der Waals surface area contributed by atoms with Crippen LogP contribution in [0.15, 0.2) is 42.5 Å². The first kappa shape index (κ1) is 27.4. The van der Waals surface area contributed by atoms with Gasteiger partial charge in [-0.1, -0.05) is 18.2 Å². The number of fused-ring (bicyclic) bond motifs is 1. The number of hydrogen-bond donors (Lipinski definition) is 2. The van der Waals surface area contributed by atoms with Gasteiger partial charge in [0, 0.05) is 29.4 Å². The lowest BCUT2D eigenvalue weighted by Gasteiger charge is -2.34. The fourth-order valence-electron chi connectivity index (χ4n) is 4.99. The van der Waals surface area contributed by atoms with Crippen LogP contribution in [-0.4, -0.2) is 59.7 Å². The van der Waals surface area contributed by atoms with E-state index >= 15 is 0 Å². The predicted octanol–water partition coefficient (Wildman–Crippen LogP) is 3.16. The fraction of sp³-hybridized carbons (Fsp3) is 0.458. The highest BCUT2D eigenvalue weighted by atomic mass is 35.5. The van der Waals surface area contributed by atoms with Crippen LogP contribution in [0.4, 0.5) is 11.4 Å². The number of rotatable bonds is 8. The summed E-state index contributed by atoms with van der Waals surface area (Å²) in [6.07, 6.45) is 5.78. The van der Waals surface area contributed by atoms with E-state index in [-0.39, 0.29) is 24.1 Å². The third kappa shape index (κ3) is 7.42. The van der Waals surface area contributed by atoms with E-state index in [1.54, 1.807) is 24.3 Å². The second-order valence-corrected chi connectivity index (χ2v) is 12.9. The predicted molar refractivity (Wildman–Crippen MR) is 141 cm³/mol. The third-order valence-electron chi connectivity index (χ3n) is 6.63. The van der Waals surface area contributed by atoms with Crippen LogP contribution in [0.2, 0.25) is 0 Å². The van der Waals surface area contributed by atoms with Crippen LogP contribution in [0, 0.1) is 11.8 Å². The van der Waals surface area contributed by atoms with Crippen LogP contribution in [0.3, 0.4) is 0 Å². The van der Waals surface area contributed by atoms with Gasteiger partial charge in [0.05, 0.1) is 12.5 Å². The Bertz CT molecular complexity index is 1270. The lowest BCUT2D eigenvalue weighted by Crippen LogP contribution is -2.38. The van der Waals surface area contributed by atoms with E-state index in [2.05, 4.69) is 14.3 Å². The number of likely N-dealkylation sites (tertiary alicyclic amines) is 1. The molecule has 2 aliphatic rings. The number of benzene rings is 2. The number of carbonyl (C=O) groups excluding carboxylic acids is 1. The van der Waals surface area contributed by atoms with Crippen molar-refractivity contribution in [2.24, 2.45) is 11.8 Å². The number of nitrogens with zero attached hydrogens (tertiary/aromatic N) is 1. The molecule has 1 aliphatic heterocycles. The van der Waals surface area contributed by atoms with Gasteiger partial charge in [-0.05, 0) is 80.1 Å². The number of Topliss-reactive ketones (excluding diaryl/α,β-unsaturated/α-hetero) is 1. The van der Waals surface area contributed by atoms with Crippen LogP contribution in [0.1, 0.15) is 34.3 Å². The quantitative estimate of drug-likeness (QED) is 0.531. The van der Waals surface area contributed by atoms with Crippen LogP contribution in [-0.2, 0) is 32.9 Å². The number of carbonyl (C=O) groups is 1. The normalized spacial score (nSPS) is 19.1. The van der Waals surface area contributed by atoms with Crippen molar-refractivity contribution in [1.29, 1.82) is 0 Å². The molecule has 0 bridgehead atoms. The smallest absolute Gasteiger partial charge is 0.229 e. The van der Waals surface area contributed by atoms with Gasteiger partial charge in [0.1, 0.15) is 0 Å². The van der Waals surface area contributed by atoms with E-state index < -0.39 is 20.0 Å². The topological polar surface area (TPSA) is 113 Å². The zero-order chi connectivity index (χ0) is 24.5. The summed E-state index contributed by atoms with van der Waals surface area (Å²) in [5.74, 6) is 0.442. The molecule has 1 heterocycles. The van der Waals surface area contributed by atoms with Gasteiger partial charge in [-0.15, -0.1) is 12.4 Å². The van der Waals surface area contributed by atoms with E-state index in [1.807, 2.05) is 18.2 Å². The first-order valence-corrected chi connectivity index (χ1v) is 15.2. The SMILES string of the molecule is CS(=O)(=O)Nc1ccc(CCN2CCC(C3Cc4ccc(NS(C)(=O)=O)cc4C3=O)CC2)cc1.Cl. The molecule has 1 atom stereocenters. The molecule has 2 N–H and O–H groups in total. The molecule has 8 nitrogen and oxygen atoms in total. The molecule has 0 radical (unpaired) electrons. The van der Waals surface area contributed by atoms with E-state index in [4.69, 9.17) is 0 Å². The number of anilines is 2. The molecule has 0 saturated carbocycles. The first-order chi connectivity index (χ1) is 16.0. The average molecular weight is 542 g/mol. The number of nitrogens with one attached hydrogen (secondary N) is 2. The Labute approximate surface area is 214 Å². The van der Waals surface area contributed by atoms with Gasteiger partial charge in [0.2, 0.25) is 20.0 Å². The molecule has 1 fully saturated rings. The van der Waals surface area contributed by atoms with Crippen LogP contribution in [0.5, 0.6) is 0 Å². The molecule has 1 aliphatic carbocycles. The lowest BCUT2D eigenvalue weighted by molar-refractivity contribution is 0.0824. The van der Waals surface area contributed by atoms with Crippen LogP contribution < -0.4 is 9.44 Å². The van der Waals surface area contributed by atoms with Crippen molar-refractivity contribution < 1.29 is 21.6 Å². The molecular formula is C24H32ClN3O5S2. The van der Waals surface area contributed by atoms with Gasteiger partial charge in [-0.2, -0.15) is 0 Å². The zero-order valence-corrected chi connectivity index (χ0v) is 22.3. The van der Waals surface area contributed by atoms with Gasteiger partial charge in [-0.25, -0.2) is 16.8 Å². The molecular weight excluding hydrogens is 510 g/mol. The Kier molecular flexibility index (Phi) is 8.52. The molecule has 1 unspecified atom stereocenters. The third-order valence-corrected chi connectivity index (χ3v) is 7.84. The monoisotopic (exact) mass is 541 g/mol. The highest BCUT2D eigenvalue weighted by Crippen LogP contribution is 2.37. The minimum Gasteiger partial charge on any atom is -0.303 e. The Morgan fingerprint density at radius 2 is 1.46 bits per heavy atom. The summed E-state index contributed by atoms with van der Waals surface area (Å²) in [7, 11) is -6.65. The minimum absolute atomic E-state index is 0. The van der Waals surface area contributed by atoms with Crippen molar-refractivity contribution >= 4 is 49.6 Å². The highest BCUT2D eigenvalue weighted by molar-refractivity contribution is 7.92. The van der Waals surface area contributed by atoms with E-state index in [1.165, 1.54) is 0 Å². The Hall–Kier alpha value is -2.14. The molecule has 11 heteroatoms. The Morgan fingerprint density at radius 3 is 2.06 bits per heavy atom. The van der Waals surface area contributed by atoms with Crippen molar-refractivity contribution in [3.63, 3.8) is 0 Å². The number of ketones is 1. The summed E-state index contributed by atoms with van der Waals surface area (Å²) in [5.41, 5.74) is 3.81. The number of hydrogen-bond acceptors (Lipinski definition) is 6. The van der Waals surface area contributed by atoms with E-state index in [9.17, 15) is 21.6 Å². The fourth-order valence-corrected chi connectivity index (χ4v) is 6.11.